The van der Waals surface area contributed by atoms with Crippen molar-refractivity contribution < 1.29 is 19.4 Å². The topological polar surface area (TPSA) is 103 Å². The summed E-state index contributed by atoms with van der Waals surface area (Å²) in [6.45, 7) is 2.45. The summed E-state index contributed by atoms with van der Waals surface area (Å²) >= 11 is 0. The quantitative estimate of drug-likeness (QED) is 0.641. The molecule has 0 aliphatic rings. The number of pyridine rings is 1. The zero-order chi connectivity index (χ0) is 13.4. The smallest absolute Gasteiger partial charge is 0.273 e. The molecule has 0 unspecified atom stereocenters. The molecule has 0 atom stereocenters. The van der Waals surface area contributed by atoms with Crippen LogP contribution in [0.25, 0.3) is 0 Å². The molecular weight excluding hydrogens is 238 g/mol. The zero-order valence-electron chi connectivity index (χ0n) is 9.93. The van der Waals surface area contributed by atoms with Gasteiger partial charge in [-0.15, -0.1) is 0 Å². The minimum Gasteiger partial charge on any atom is -0.530 e. The van der Waals surface area contributed by atoms with Crippen LogP contribution in [-0.4, -0.2) is 36.7 Å². The molecule has 98 valence electrons. The summed E-state index contributed by atoms with van der Waals surface area (Å²) in [5.74, 6) is -0.0236. The molecule has 0 saturated carbocycles. The summed E-state index contributed by atoms with van der Waals surface area (Å²) in [7, 11) is 0. The average molecular weight is 252 g/mol. The maximum absolute atomic E-state index is 11.7. The van der Waals surface area contributed by atoms with Crippen LogP contribution >= 0.6 is 0 Å². The van der Waals surface area contributed by atoms with Crippen molar-refractivity contribution in [2.75, 3.05) is 19.7 Å². The molecular formula is C11H14N3O4-. The van der Waals surface area contributed by atoms with Gasteiger partial charge in [-0.25, -0.2) is 4.98 Å². The van der Waals surface area contributed by atoms with Crippen LogP contribution in [-0.2, 0) is 0 Å². The number of nitrogens with one attached hydrogen (secondary N) is 2. The first kappa shape index (κ1) is 13.8. The zero-order valence-corrected chi connectivity index (χ0v) is 9.93. The fourth-order valence-corrected chi connectivity index (χ4v) is 1.26. The predicted molar refractivity (Wildman–Crippen MR) is 61.1 cm³/mol. The van der Waals surface area contributed by atoms with Gasteiger partial charge in [0, 0.05) is 19.3 Å². The maximum atomic E-state index is 11.7. The third-order valence-electron chi connectivity index (χ3n) is 1.97. The van der Waals surface area contributed by atoms with Gasteiger partial charge < -0.3 is 25.3 Å². The molecule has 2 amide bonds. The van der Waals surface area contributed by atoms with E-state index in [-0.39, 0.29) is 18.8 Å². The Balaban J connectivity index is 2.53. The van der Waals surface area contributed by atoms with E-state index in [9.17, 15) is 14.7 Å². The molecule has 0 radical (unpaired) electrons. The van der Waals surface area contributed by atoms with E-state index in [4.69, 9.17) is 4.74 Å². The lowest BCUT2D eigenvalue weighted by atomic mass is 10.3. The number of rotatable bonds is 6. The Morgan fingerprint density at radius 1 is 1.39 bits per heavy atom. The van der Waals surface area contributed by atoms with Gasteiger partial charge in [0.05, 0.1) is 6.61 Å². The highest BCUT2D eigenvalue weighted by Crippen LogP contribution is 2.14. The van der Waals surface area contributed by atoms with Crippen molar-refractivity contribution in [3.8, 4) is 5.75 Å². The molecule has 1 rings (SSSR count). The minimum absolute atomic E-state index is 0.0743. The van der Waals surface area contributed by atoms with Crippen LogP contribution in [0.5, 0.6) is 5.75 Å². The number of hydrogen-bond acceptors (Lipinski definition) is 5. The van der Waals surface area contributed by atoms with Crippen LogP contribution in [0.15, 0.2) is 18.3 Å². The van der Waals surface area contributed by atoms with Gasteiger partial charge in [0.2, 0.25) is 0 Å². The number of nitrogens with zero attached hydrogens (tertiary/aromatic N) is 1. The molecule has 0 aromatic carbocycles. The van der Waals surface area contributed by atoms with E-state index in [1.807, 2.05) is 5.32 Å². The summed E-state index contributed by atoms with van der Waals surface area (Å²) in [4.78, 5) is 25.8. The molecule has 7 nitrogen and oxygen atoms in total. The van der Waals surface area contributed by atoms with E-state index in [1.54, 1.807) is 19.1 Å². The summed E-state index contributed by atoms with van der Waals surface area (Å²) < 4.78 is 5.26. The Morgan fingerprint density at radius 3 is 2.78 bits per heavy atom. The van der Waals surface area contributed by atoms with Crippen LogP contribution in [0.1, 0.15) is 17.4 Å². The van der Waals surface area contributed by atoms with Crippen LogP contribution in [0.4, 0.5) is 4.79 Å². The molecule has 0 saturated heterocycles. The van der Waals surface area contributed by atoms with Gasteiger partial charge >= 0.3 is 0 Å². The van der Waals surface area contributed by atoms with Gasteiger partial charge in [-0.2, -0.15) is 0 Å². The second-order valence-electron chi connectivity index (χ2n) is 3.25. The monoisotopic (exact) mass is 252 g/mol. The lowest BCUT2D eigenvalue weighted by molar-refractivity contribution is -0.250. The van der Waals surface area contributed by atoms with E-state index in [0.29, 0.717) is 12.4 Å². The average Bonchev–Trinajstić information content (AvgIpc) is 2.35. The Kier molecular flexibility index (Phi) is 5.43. The molecule has 18 heavy (non-hydrogen) atoms. The number of amides is 2. The molecule has 1 aromatic rings. The Hall–Kier alpha value is -2.31. The number of carbonyl (C=O) groups is 2. The van der Waals surface area contributed by atoms with Gasteiger partial charge in [-0.3, -0.25) is 4.79 Å². The fourth-order valence-electron chi connectivity index (χ4n) is 1.26. The Bertz CT molecular complexity index is 423. The normalized spacial score (nSPS) is 9.61. The molecule has 7 heteroatoms. The highest BCUT2D eigenvalue weighted by molar-refractivity contribution is 5.94. The number of carbonyl (C=O) groups excluding carboxylic acids is 2. The maximum Gasteiger partial charge on any atom is 0.273 e. The van der Waals surface area contributed by atoms with Gasteiger partial charge in [-0.05, 0) is 19.1 Å². The lowest BCUT2D eigenvalue weighted by Gasteiger charge is -2.10. The van der Waals surface area contributed by atoms with Gasteiger partial charge in [0.25, 0.3) is 5.91 Å². The third-order valence-corrected chi connectivity index (χ3v) is 1.97. The summed E-state index contributed by atoms with van der Waals surface area (Å²) in [5, 5.41) is 14.6. The van der Waals surface area contributed by atoms with Gasteiger partial charge in [0.15, 0.2) is 11.4 Å². The standard InChI is InChI=1S/C11H15N3O4/c1-2-18-8-4-3-5-12-9(8)10(15)13-6-7-14-11(16)17/h3-5,14H,2,6-7H2,1H3,(H,13,15)(H,16,17)/p-1. The van der Waals surface area contributed by atoms with Crippen molar-refractivity contribution in [2.45, 2.75) is 6.92 Å². The number of aromatic nitrogens is 1. The minimum atomic E-state index is -1.38. The van der Waals surface area contributed by atoms with Crippen molar-refractivity contribution in [1.29, 1.82) is 0 Å². The number of hydrogen-bond donors (Lipinski definition) is 2. The van der Waals surface area contributed by atoms with Crippen LogP contribution in [0, 0.1) is 0 Å². The number of carboxylic acid groups (broad SMARTS) is 1. The van der Waals surface area contributed by atoms with Gasteiger partial charge in [0.1, 0.15) is 6.09 Å². The SMILES string of the molecule is CCOc1cccnc1C(=O)NCCNC(=O)[O-]. The highest BCUT2D eigenvalue weighted by atomic mass is 16.5. The molecule has 1 aromatic heterocycles. The van der Waals surface area contributed by atoms with Crippen molar-refractivity contribution in [3.63, 3.8) is 0 Å². The van der Waals surface area contributed by atoms with Crippen LogP contribution < -0.4 is 20.5 Å². The van der Waals surface area contributed by atoms with Crippen molar-refractivity contribution in [3.05, 3.63) is 24.0 Å². The van der Waals surface area contributed by atoms with Crippen LogP contribution in [0.3, 0.4) is 0 Å². The van der Waals surface area contributed by atoms with E-state index in [2.05, 4.69) is 10.3 Å². The summed E-state index contributed by atoms with van der Waals surface area (Å²) in [6, 6.07) is 3.31. The van der Waals surface area contributed by atoms with Crippen molar-refractivity contribution in [1.82, 2.24) is 15.6 Å². The highest BCUT2D eigenvalue weighted by Gasteiger charge is 2.12. The van der Waals surface area contributed by atoms with Crippen LogP contribution in [0.2, 0.25) is 0 Å². The number of ether oxygens (including phenoxy) is 1. The lowest BCUT2D eigenvalue weighted by Crippen LogP contribution is -2.41. The van der Waals surface area contributed by atoms with E-state index >= 15 is 0 Å². The molecule has 0 aliphatic carbocycles. The fraction of sp³-hybridized carbons (Fsp3) is 0.364. The van der Waals surface area contributed by atoms with Crippen molar-refractivity contribution in [2.24, 2.45) is 0 Å². The van der Waals surface area contributed by atoms with E-state index in [1.165, 1.54) is 6.20 Å². The third kappa shape index (κ3) is 4.28. The molecule has 2 N–H and O–H groups in total. The molecule has 0 spiro atoms. The second kappa shape index (κ2) is 7.10. The molecule has 0 fully saturated rings. The van der Waals surface area contributed by atoms with Gasteiger partial charge in [-0.1, -0.05) is 0 Å². The molecule has 0 aliphatic heterocycles. The summed E-state index contributed by atoms with van der Waals surface area (Å²) in [5.41, 5.74) is 0.174. The van der Waals surface area contributed by atoms with E-state index in [0.717, 1.165) is 0 Å². The Labute approximate surface area is 104 Å². The molecule has 0 bridgehead atoms. The first-order valence-corrected chi connectivity index (χ1v) is 5.46. The first-order valence-electron chi connectivity index (χ1n) is 5.46. The largest absolute Gasteiger partial charge is 0.530 e. The Morgan fingerprint density at radius 2 is 2.11 bits per heavy atom. The summed E-state index contributed by atoms with van der Waals surface area (Å²) in [6.07, 6.45) is 0.105. The van der Waals surface area contributed by atoms with E-state index < -0.39 is 12.0 Å². The second-order valence-corrected chi connectivity index (χ2v) is 3.25. The predicted octanol–water partition coefficient (Wildman–Crippen LogP) is -0.857. The van der Waals surface area contributed by atoms with Crippen molar-refractivity contribution >= 4 is 12.0 Å². The molecule has 1 heterocycles. The first-order chi connectivity index (χ1) is 8.65.